The minimum absolute atomic E-state index is 0.0361. The number of ether oxygens (including phenoxy) is 2. The second-order valence-corrected chi connectivity index (χ2v) is 7.10. The Kier molecular flexibility index (Phi) is 6.19. The summed E-state index contributed by atoms with van der Waals surface area (Å²) < 4.78 is 10.8. The smallest absolute Gasteiger partial charge is 0.251 e. The van der Waals surface area contributed by atoms with Gasteiger partial charge in [-0.25, -0.2) is 0 Å². The molecular weight excluding hydrogens is 356 g/mol. The summed E-state index contributed by atoms with van der Waals surface area (Å²) in [5.41, 5.74) is 1.50. The Labute approximate surface area is 165 Å². The van der Waals surface area contributed by atoms with Gasteiger partial charge >= 0.3 is 0 Å². The zero-order chi connectivity index (χ0) is 20.1. The number of nitrogens with one attached hydrogen (secondary N) is 1. The molecule has 3 rings (SSSR count). The fourth-order valence-electron chi connectivity index (χ4n) is 3.13. The van der Waals surface area contributed by atoms with E-state index in [4.69, 9.17) is 9.47 Å². The van der Waals surface area contributed by atoms with Crippen molar-refractivity contribution in [1.29, 1.82) is 0 Å². The number of carbonyl (C=O) groups excluding carboxylic acids is 2. The van der Waals surface area contributed by atoms with Gasteiger partial charge in [0.1, 0.15) is 6.04 Å². The van der Waals surface area contributed by atoms with Gasteiger partial charge < -0.3 is 19.7 Å². The highest BCUT2D eigenvalue weighted by Crippen LogP contribution is 2.32. The maximum Gasteiger partial charge on any atom is 0.251 e. The fourth-order valence-corrected chi connectivity index (χ4v) is 3.13. The third-order valence-corrected chi connectivity index (χ3v) is 4.76. The summed E-state index contributed by atoms with van der Waals surface area (Å²) in [4.78, 5) is 27.5. The van der Waals surface area contributed by atoms with Crippen LogP contribution >= 0.6 is 0 Å². The quantitative estimate of drug-likeness (QED) is 0.798. The Hall–Kier alpha value is -3.02. The van der Waals surface area contributed by atoms with E-state index in [1.54, 1.807) is 29.2 Å². The van der Waals surface area contributed by atoms with Gasteiger partial charge in [0.05, 0.1) is 0 Å². The van der Waals surface area contributed by atoms with E-state index in [-0.39, 0.29) is 24.5 Å². The summed E-state index contributed by atoms with van der Waals surface area (Å²) in [6.45, 7) is 7.00. The molecule has 0 fully saturated rings. The maximum atomic E-state index is 13.2. The van der Waals surface area contributed by atoms with Crippen molar-refractivity contribution in [3.8, 4) is 11.5 Å². The summed E-state index contributed by atoms with van der Waals surface area (Å²) in [6.07, 6.45) is 0. The zero-order valence-corrected chi connectivity index (χ0v) is 16.5. The largest absolute Gasteiger partial charge is 0.454 e. The van der Waals surface area contributed by atoms with E-state index in [2.05, 4.69) is 5.32 Å². The van der Waals surface area contributed by atoms with Crippen LogP contribution in [0, 0.1) is 5.92 Å². The van der Waals surface area contributed by atoms with Crippen molar-refractivity contribution >= 4 is 11.8 Å². The van der Waals surface area contributed by atoms with Gasteiger partial charge in [0.15, 0.2) is 11.5 Å². The molecule has 0 saturated heterocycles. The van der Waals surface area contributed by atoms with E-state index >= 15 is 0 Å². The lowest BCUT2D eigenvalue weighted by Crippen LogP contribution is -2.51. The molecule has 2 aromatic rings. The molecule has 6 nitrogen and oxygen atoms in total. The van der Waals surface area contributed by atoms with Crippen molar-refractivity contribution in [2.24, 2.45) is 5.92 Å². The topological polar surface area (TPSA) is 67.9 Å². The number of likely N-dealkylation sites (N-methyl/N-ethyl adjacent to an activating group) is 1. The van der Waals surface area contributed by atoms with E-state index in [1.165, 1.54) is 0 Å². The third-order valence-electron chi connectivity index (χ3n) is 4.76. The van der Waals surface area contributed by atoms with Gasteiger partial charge in [0.2, 0.25) is 12.7 Å². The molecule has 0 aliphatic carbocycles. The number of amides is 2. The number of carbonyl (C=O) groups is 2. The van der Waals surface area contributed by atoms with Gasteiger partial charge in [-0.15, -0.1) is 0 Å². The molecule has 0 radical (unpaired) electrons. The average molecular weight is 382 g/mol. The van der Waals surface area contributed by atoms with Crippen LogP contribution < -0.4 is 14.8 Å². The molecule has 148 valence electrons. The van der Waals surface area contributed by atoms with E-state index in [1.807, 2.05) is 45.0 Å². The van der Waals surface area contributed by atoms with Crippen LogP contribution in [0.5, 0.6) is 11.5 Å². The standard InChI is InChI=1S/C22H26N2O4/c1-4-24(13-16-10-11-18-19(12-16)28-14-27-18)22(26)20(15(2)3)23-21(25)17-8-6-5-7-9-17/h5-12,15,20H,4,13-14H2,1-3H3,(H,23,25)/t20-/m0/s1. The lowest BCUT2D eigenvalue weighted by atomic mass is 10.0. The predicted molar refractivity (Wildman–Crippen MR) is 106 cm³/mol. The molecule has 2 amide bonds. The number of benzene rings is 2. The fraction of sp³-hybridized carbons (Fsp3) is 0.364. The normalized spacial score (nSPS) is 13.3. The highest BCUT2D eigenvalue weighted by atomic mass is 16.7. The lowest BCUT2D eigenvalue weighted by molar-refractivity contribution is -0.134. The predicted octanol–water partition coefficient (Wildman–Crippen LogP) is 3.22. The monoisotopic (exact) mass is 382 g/mol. The Morgan fingerprint density at radius 2 is 1.79 bits per heavy atom. The molecule has 1 aliphatic heterocycles. The first-order chi connectivity index (χ1) is 13.5. The van der Waals surface area contributed by atoms with E-state index < -0.39 is 6.04 Å². The Morgan fingerprint density at radius 3 is 2.46 bits per heavy atom. The van der Waals surface area contributed by atoms with Crippen LogP contribution in [0.3, 0.4) is 0 Å². The number of hydrogen-bond donors (Lipinski definition) is 1. The van der Waals surface area contributed by atoms with Crippen LogP contribution in [-0.4, -0.2) is 36.1 Å². The number of rotatable bonds is 7. The molecule has 0 aromatic heterocycles. The molecule has 6 heteroatoms. The first kappa shape index (κ1) is 19.7. The SMILES string of the molecule is CCN(Cc1ccc2c(c1)OCO2)C(=O)[C@@H](NC(=O)c1ccccc1)C(C)C. The molecule has 0 bridgehead atoms. The summed E-state index contributed by atoms with van der Waals surface area (Å²) in [7, 11) is 0. The number of hydrogen-bond acceptors (Lipinski definition) is 4. The molecule has 0 spiro atoms. The van der Waals surface area contributed by atoms with Crippen LogP contribution in [0.15, 0.2) is 48.5 Å². The zero-order valence-electron chi connectivity index (χ0n) is 16.5. The average Bonchev–Trinajstić information content (AvgIpc) is 3.17. The Morgan fingerprint density at radius 1 is 1.07 bits per heavy atom. The molecule has 2 aromatic carbocycles. The molecule has 1 atom stereocenters. The number of fused-ring (bicyclic) bond motifs is 1. The van der Waals surface area contributed by atoms with Gasteiger partial charge in [-0.1, -0.05) is 38.1 Å². The van der Waals surface area contributed by atoms with Crippen LogP contribution in [0.1, 0.15) is 36.7 Å². The minimum atomic E-state index is -0.596. The summed E-state index contributed by atoms with van der Waals surface area (Å²) in [5, 5.41) is 2.90. The second-order valence-electron chi connectivity index (χ2n) is 7.10. The highest BCUT2D eigenvalue weighted by Gasteiger charge is 2.28. The summed E-state index contributed by atoms with van der Waals surface area (Å²) in [5.74, 6) is 1.03. The van der Waals surface area contributed by atoms with Crippen molar-refractivity contribution in [2.75, 3.05) is 13.3 Å². The van der Waals surface area contributed by atoms with Crippen molar-refractivity contribution in [2.45, 2.75) is 33.4 Å². The molecule has 0 saturated carbocycles. The number of nitrogens with zero attached hydrogens (tertiary/aromatic N) is 1. The van der Waals surface area contributed by atoms with Gasteiger partial charge in [-0.2, -0.15) is 0 Å². The van der Waals surface area contributed by atoms with Gasteiger partial charge in [-0.3, -0.25) is 9.59 Å². The van der Waals surface area contributed by atoms with Crippen LogP contribution in [-0.2, 0) is 11.3 Å². The molecule has 1 aliphatic rings. The molecule has 1 heterocycles. The summed E-state index contributed by atoms with van der Waals surface area (Å²) in [6, 6.07) is 14.0. The Bertz CT molecular complexity index is 836. The first-order valence-corrected chi connectivity index (χ1v) is 9.52. The van der Waals surface area contributed by atoms with Crippen molar-refractivity contribution < 1.29 is 19.1 Å². The van der Waals surface area contributed by atoms with Crippen LogP contribution in [0.2, 0.25) is 0 Å². The first-order valence-electron chi connectivity index (χ1n) is 9.52. The van der Waals surface area contributed by atoms with Crippen molar-refractivity contribution in [3.05, 3.63) is 59.7 Å². The summed E-state index contributed by atoms with van der Waals surface area (Å²) >= 11 is 0. The second kappa shape index (κ2) is 8.78. The molecule has 0 unspecified atom stereocenters. The van der Waals surface area contributed by atoms with E-state index in [0.717, 1.165) is 5.56 Å². The third kappa shape index (κ3) is 4.44. The van der Waals surface area contributed by atoms with E-state index in [9.17, 15) is 9.59 Å². The Balaban J connectivity index is 1.72. The molecular formula is C22H26N2O4. The van der Waals surface area contributed by atoms with Gasteiger partial charge in [0.25, 0.3) is 5.91 Å². The highest BCUT2D eigenvalue weighted by molar-refractivity contribution is 5.97. The van der Waals surface area contributed by atoms with Gasteiger partial charge in [0, 0.05) is 18.7 Å². The molecule has 28 heavy (non-hydrogen) atoms. The van der Waals surface area contributed by atoms with Crippen LogP contribution in [0.25, 0.3) is 0 Å². The lowest BCUT2D eigenvalue weighted by Gasteiger charge is -2.29. The molecule has 1 N–H and O–H groups in total. The van der Waals surface area contributed by atoms with Crippen molar-refractivity contribution in [3.63, 3.8) is 0 Å². The van der Waals surface area contributed by atoms with Gasteiger partial charge in [-0.05, 0) is 42.7 Å². The minimum Gasteiger partial charge on any atom is -0.454 e. The van der Waals surface area contributed by atoms with Crippen molar-refractivity contribution in [1.82, 2.24) is 10.2 Å². The maximum absolute atomic E-state index is 13.2. The van der Waals surface area contributed by atoms with E-state index in [0.29, 0.717) is 30.2 Å². The van der Waals surface area contributed by atoms with Crippen LogP contribution in [0.4, 0.5) is 0 Å².